The van der Waals surface area contributed by atoms with Crippen molar-refractivity contribution in [1.82, 2.24) is 0 Å². The van der Waals surface area contributed by atoms with Gasteiger partial charge < -0.3 is 0 Å². The summed E-state index contributed by atoms with van der Waals surface area (Å²) in [4.78, 5) is 9.65. The molecule has 1 aromatic rings. The normalized spacial score (nSPS) is 12.2. The Morgan fingerprint density at radius 1 is 1.05 bits per heavy atom. The SMILES string of the molecule is O=S(=O)(O)C(F)(F)F.O=[N+]([O-])c1ccc(CS(=O)(=O)O)cc1. The molecule has 1 rings (SSSR count). The molecule has 0 atom stereocenters. The Morgan fingerprint density at radius 3 is 1.64 bits per heavy atom. The number of hydrogen-bond acceptors (Lipinski definition) is 6. The lowest BCUT2D eigenvalue weighted by atomic mass is 10.2. The summed E-state index contributed by atoms with van der Waals surface area (Å²) < 4.78 is 86.9. The molecule has 0 spiro atoms. The Morgan fingerprint density at radius 2 is 1.41 bits per heavy atom. The number of halogens is 3. The first-order valence-electron chi connectivity index (χ1n) is 4.86. The van der Waals surface area contributed by atoms with E-state index in [0.29, 0.717) is 5.56 Å². The van der Waals surface area contributed by atoms with Crippen LogP contribution >= 0.6 is 0 Å². The fourth-order valence-corrected chi connectivity index (χ4v) is 1.54. The maximum atomic E-state index is 10.7. The molecule has 0 saturated heterocycles. The van der Waals surface area contributed by atoms with E-state index in [1.807, 2.05) is 0 Å². The molecule has 2 N–H and O–H groups in total. The molecule has 22 heavy (non-hydrogen) atoms. The standard InChI is InChI=1S/C7H7NO5S.CHF3O3S/c9-8(10)7-3-1-6(2-4-7)5-14(11,12)13;2-1(3,4)8(5,6)7/h1-4H,5H2,(H,11,12,13);(H,5,6,7). The third kappa shape index (κ3) is 7.87. The Kier molecular flexibility index (Phi) is 6.43. The van der Waals surface area contributed by atoms with Gasteiger partial charge in [0, 0.05) is 12.1 Å². The van der Waals surface area contributed by atoms with E-state index < -0.39 is 36.4 Å². The third-order valence-corrected chi connectivity index (χ3v) is 3.07. The summed E-state index contributed by atoms with van der Waals surface area (Å²) in [5.41, 5.74) is -5.35. The maximum Gasteiger partial charge on any atom is 0.522 e. The van der Waals surface area contributed by atoms with Gasteiger partial charge in [-0.25, -0.2) is 0 Å². The van der Waals surface area contributed by atoms with Crippen molar-refractivity contribution in [1.29, 1.82) is 0 Å². The van der Waals surface area contributed by atoms with Crippen LogP contribution < -0.4 is 0 Å². The average molecular weight is 367 g/mol. The van der Waals surface area contributed by atoms with Crippen molar-refractivity contribution in [2.75, 3.05) is 0 Å². The van der Waals surface area contributed by atoms with Gasteiger partial charge in [0.2, 0.25) is 0 Å². The summed E-state index contributed by atoms with van der Waals surface area (Å²) in [6.07, 6.45) is 0. The van der Waals surface area contributed by atoms with E-state index in [1.54, 1.807) is 0 Å². The van der Waals surface area contributed by atoms with Crippen LogP contribution in [-0.4, -0.2) is 36.4 Å². The number of rotatable bonds is 3. The highest BCUT2D eigenvalue weighted by molar-refractivity contribution is 7.86. The van der Waals surface area contributed by atoms with Crippen LogP contribution in [-0.2, 0) is 26.0 Å². The van der Waals surface area contributed by atoms with Crippen molar-refractivity contribution in [3.05, 3.63) is 39.9 Å². The van der Waals surface area contributed by atoms with Crippen LogP contribution in [0.2, 0.25) is 0 Å². The fourth-order valence-electron chi connectivity index (χ4n) is 0.925. The topological polar surface area (TPSA) is 152 Å². The van der Waals surface area contributed by atoms with Gasteiger partial charge in [0.15, 0.2) is 0 Å². The molecule has 0 fully saturated rings. The Hall–Kier alpha value is -1.77. The van der Waals surface area contributed by atoms with Crippen molar-refractivity contribution >= 4 is 25.9 Å². The molecule has 0 amide bonds. The zero-order chi connectivity index (χ0) is 17.8. The maximum absolute atomic E-state index is 10.7. The number of nitrogens with zero attached hydrogens (tertiary/aromatic N) is 1. The fraction of sp³-hybridized carbons (Fsp3) is 0.250. The first-order chi connectivity index (χ1) is 9.63. The predicted octanol–water partition coefficient (Wildman–Crippen LogP) is 1.38. The van der Waals surface area contributed by atoms with E-state index in [-0.39, 0.29) is 5.69 Å². The lowest BCUT2D eigenvalue weighted by molar-refractivity contribution is -0.384. The third-order valence-electron chi connectivity index (χ3n) is 1.79. The van der Waals surface area contributed by atoms with Gasteiger partial charge in [-0.1, -0.05) is 12.1 Å². The molecule has 0 unspecified atom stereocenters. The second-order valence-corrected chi connectivity index (χ2v) is 6.44. The Labute approximate surface area is 122 Å². The Bertz CT molecular complexity index is 724. The van der Waals surface area contributed by atoms with Gasteiger partial charge in [0.05, 0.1) is 4.92 Å². The van der Waals surface area contributed by atoms with Crippen LogP contribution in [0.15, 0.2) is 24.3 Å². The van der Waals surface area contributed by atoms with Crippen molar-refractivity contribution in [3.8, 4) is 0 Å². The highest BCUT2D eigenvalue weighted by Gasteiger charge is 2.44. The van der Waals surface area contributed by atoms with Crippen LogP contribution in [0.3, 0.4) is 0 Å². The second kappa shape index (κ2) is 6.99. The monoisotopic (exact) mass is 367 g/mol. The number of hydrogen-bond donors (Lipinski definition) is 2. The van der Waals surface area contributed by atoms with Gasteiger partial charge in [0.1, 0.15) is 5.75 Å². The van der Waals surface area contributed by atoms with E-state index >= 15 is 0 Å². The molecule has 9 nitrogen and oxygen atoms in total. The molecule has 0 radical (unpaired) electrons. The molecular weight excluding hydrogens is 359 g/mol. The number of non-ortho nitro benzene ring substituents is 1. The van der Waals surface area contributed by atoms with Gasteiger partial charge in [-0.05, 0) is 5.56 Å². The summed E-state index contributed by atoms with van der Waals surface area (Å²) in [6.45, 7) is 0. The van der Waals surface area contributed by atoms with E-state index in [1.165, 1.54) is 24.3 Å². The summed E-state index contributed by atoms with van der Waals surface area (Å²) in [7, 11) is -9.92. The minimum atomic E-state index is -5.84. The molecule has 1 aromatic carbocycles. The number of alkyl halides is 3. The molecule has 0 aromatic heterocycles. The zero-order valence-corrected chi connectivity index (χ0v) is 11.9. The van der Waals surface area contributed by atoms with E-state index in [4.69, 9.17) is 17.5 Å². The first-order valence-corrected chi connectivity index (χ1v) is 7.90. The van der Waals surface area contributed by atoms with Gasteiger partial charge in [-0.15, -0.1) is 0 Å². The van der Waals surface area contributed by atoms with Crippen LogP contribution in [0.1, 0.15) is 5.56 Å². The van der Waals surface area contributed by atoms with Gasteiger partial charge in [-0.2, -0.15) is 30.0 Å². The first kappa shape index (κ1) is 20.2. The van der Waals surface area contributed by atoms with E-state index in [2.05, 4.69) is 0 Å². The van der Waals surface area contributed by atoms with E-state index in [0.717, 1.165) is 0 Å². The highest BCUT2D eigenvalue weighted by Crippen LogP contribution is 2.20. The summed E-state index contributed by atoms with van der Waals surface area (Å²) >= 11 is 0. The smallest absolute Gasteiger partial charge is 0.285 e. The molecule has 126 valence electrons. The minimum Gasteiger partial charge on any atom is -0.285 e. The lowest BCUT2D eigenvalue weighted by Gasteiger charge is -1.97. The van der Waals surface area contributed by atoms with E-state index in [9.17, 15) is 31.7 Å². The quantitative estimate of drug-likeness (QED) is 0.352. The zero-order valence-electron chi connectivity index (χ0n) is 10.3. The molecule has 14 heteroatoms. The summed E-state index contributed by atoms with van der Waals surface area (Å²) in [6, 6.07) is 4.93. The minimum absolute atomic E-state index is 0.121. The Balaban J connectivity index is 0.000000472. The molecule has 0 aliphatic carbocycles. The molecule has 0 saturated carbocycles. The average Bonchev–Trinajstić information content (AvgIpc) is 2.25. The molecule has 0 heterocycles. The number of nitro benzene ring substituents is 1. The van der Waals surface area contributed by atoms with Gasteiger partial charge in [-0.3, -0.25) is 19.2 Å². The van der Waals surface area contributed by atoms with Crippen molar-refractivity contribution in [3.63, 3.8) is 0 Å². The predicted molar refractivity (Wildman–Crippen MR) is 66.0 cm³/mol. The second-order valence-electron chi connectivity index (χ2n) is 3.57. The van der Waals surface area contributed by atoms with Crippen LogP contribution in [0.4, 0.5) is 18.9 Å². The largest absolute Gasteiger partial charge is 0.522 e. The van der Waals surface area contributed by atoms with Crippen molar-refractivity contribution < 1.29 is 44.0 Å². The lowest BCUT2D eigenvalue weighted by Crippen LogP contribution is -2.21. The molecular formula is C8H8F3NO8S2. The van der Waals surface area contributed by atoms with Crippen molar-refractivity contribution in [2.45, 2.75) is 11.3 Å². The van der Waals surface area contributed by atoms with Crippen molar-refractivity contribution in [2.24, 2.45) is 0 Å². The number of benzene rings is 1. The van der Waals surface area contributed by atoms with Gasteiger partial charge >= 0.3 is 15.6 Å². The highest BCUT2D eigenvalue weighted by atomic mass is 32.2. The van der Waals surface area contributed by atoms with Crippen LogP contribution in [0.5, 0.6) is 0 Å². The van der Waals surface area contributed by atoms with Crippen LogP contribution in [0.25, 0.3) is 0 Å². The van der Waals surface area contributed by atoms with Gasteiger partial charge in [0.25, 0.3) is 15.8 Å². The van der Waals surface area contributed by atoms with Crippen LogP contribution in [0, 0.1) is 10.1 Å². The molecule has 0 aliphatic heterocycles. The number of nitro groups is 1. The summed E-state index contributed by atoms with van der Waals surface area (Å²) in [5, 5.41) is 10.2. The summed E-state index contributed by atoms with van der Waals surface area (Å²) in [5.74, 6) is -0.537. The molecule has 0 bridgehead atoms. The molecule has 0 aliphatic rings.